The van der Waals surface area contributed by atoms with Gasteiger partial charge in [0.05, 0.1) is 18.8 Å². The van der Waals surface area contributed by atoms with Crippen molar-refractivity contribution >= 4 is 30.9 Å². The van der Waals surface area contributed by atoms with Gasteiger partial charge in [-0.2, -0.15) is 0 Å². The third-order valence-electron chi connectivity index (χ3n) is 12.8. The van der Waals surface area contributed by atoms with Gasteiger partial charge >= 0.3 is 5.97 Å². The molecule has 1 unspecified atom stereocenters. The lowest BCUT2D eigenvalue weighted by atomic mass is 9.61. The molecule has 0 heterocycles. The molecule has 0 aromatic carbocycles. The third-order valence-corrected chi connectivity index (χ3v) is 23.0. The summed E-state index contributed by atoms with van der Waals surface area (Å²) < 4.78 is 26.3. The summed E-state index contributed by atoms with van der Waals surface area (Å²) in [6.07, 6.45) is 14.6. The van der Waals surface area contributed by atoms with Crippen molar-refractivity contribution in [2.45, 2.75) is 194 Å². The van der Waals surface area contributed by atoms with Gasteiger partial charge in [0.15, 0.2) is 25.0 Å². The highest BCUT2D eigenvalue weighted by Gasteiger charge is 2.51. The van der Waals surface area contributed by atoms with Crippen molar-refractivity contribution in [3.8, 4) is 0 Å². The van der Waals surface area contributed by atoms with Gasteiger partial charge in [-0.05, 0) is 144 Å². The summed E-state index contributed by atoms with van der Waals surface area (Å²) in [4.78, 5) is 13.1. The first-order valence-corrected chi connectivity index (χ1v) is 28.4. The van der Waals surface area contributed by atoms with Gasteiger partial charge in [-0.3, -0.25) is 0 Å². The Labute approximate surface area is 300 Å². The van der Waals surface area contributed by atoms with Gasteiger partial charge < -0.3 is 18.0 Å². The largest absolute Gasteiger partial charge is 0.463 e. The Hall–Kier alpha value is -0.519. The fourth-order valence-electron chi connectivity index (χ4n) is 8.37. The van der Waals surface area contributed by atoms with Gasteiger partial charge in [-0.15, -0.1) is 0 Å². The molecule has 48 heavy (non-hydrogen) atoms. The molecule has 3 aliphatic carbocycles. The second kappa shape index (κ2) is 14.8. The average molecular weight is 721 g/mol. The molecule has 0 aromatic rings. The van der Waals surface area contributed by atoms with Gasteiger partial charge in [-0.1, -0.05) is 78.7 Å². The average Bonchev–Trinajstić information content (AvgIpc) is 3.24. The van der Waals surface area contributed by atoms with E-state index in [9.17, 15) is 4.79 Å². The van der Waals surface area contributed by atoms with Crippen molar-refractivity contribution in [1.29, 1.82) is 0 Å². The minimum Gasteiger partial charge on any atom is -0.463 e. The van der Waals surface area contributed by atoms with E-state index in [1.165, 1.54) is 37.7 Å². The predicted octanol–water partition coefficient (Wildman–Crippen LogP) is 11.8. The van der Waals surface area contributed by atoms with E-state index in [0.717, 1.165) is 19.3 Å². The Balaban J connectivity index is 1.79. The quantitative estimate of drug-likeness (QED) is 0.157. The first kappa shape index (κ1) is 41.9. The zero-order chi connectivity index (χ0) is 36.7. The summed E-state index contributed by atoms with van der Waals surface area (Å²) >= 11 is 0. The number of fused-ring (bicyclic) bond motifs is 1. The summed E-state index contributed by atoms with van der Waals surface area (Å²) in [6, 6.07) is 0. The van der Waals surface area contributed by atoms with Gasteiger partial charge in [0.2, 0.25) is 0 Å². The van der Waals surface area contributed by atoms with Crippen LogP contribution < -0.4 is 0 Å². The van der Waals surface area contributed by atoms with Crippen LogP contribution in [0.4, 0.5) is 0 Å². The van der Waals surface area contributed by atoms with Gasteiger partial charge in [0.1, 0.15) is 5.60 Å². The number of rotatable bonds is 11. The molecule has 5 nitrogen and oxygen atoms in total. The maximum absolute atomic E-state index is 13.1. The number of carbonyl (C=O) groups is 1. The molecular weight excluding hydrogens is 645 g/mol. The molecular formula is C40H76O5Si3. The first-order chi connectivity index (χ1) is 21.6. The summed E-state index contributed by atoms with van der Waals surface area (Å²) in [6.45, 7) is 39.0. The van der Waals surface area contributed by atoms with Crippen molar-refractivity contribution in [3.63, 3.8) is 0 Å². The van der Waals surface area contributed by atoms with Crippen LogP contribution in [0.2, 0.25) is 55.9 Å². The second-order valence-corrected chi connectivity index (χ2v) is 34.5. The molecule has 0 amide bonds. The Bertz CT molecular complexity index is 1140. The van der Waals surface area contributed by atoms with Crippen molar-refractivity contribution in [2.75, 3.05) is 6.61 Å². The molecule has 6 atom stereocenters. The van der Waals surface area contributed by atoms with E-state index < -0.39 is 30.6 Å². The zero-order valence-electron chi connectivity index (χ0n) is 34.4. The van der Waals surface area contributed by atoms with Crippen molar-refractivity contribution in [1.82, 2.24) is 0 Å². The van der Waals surface area contributed by atoms with Crippen LogP contribution in [0.15, 0.2) is 23.3 Å². The topological polar surface area (TPSA) is 54.0 Å². The lowest BCUT2D eigenvalue weighted by Crippen LogP contribution is -2.48. The molecule has 0 radical (unpaired) electrons. The minimum atomic E-state index is -1.91. The Morgan fingerprint density at radius 3 is 1.85 bits per heavy atom. The van der Waals surface area contributed by atoms with Gasteiger partial charge in [-0.25, -0.2) is 4.79 Å². The summed E-state index contributed by atoms with van der Waals surface area (Å²) in [5.41, 5.74) is 2.46. The molecule has 3 fully saturated rings. The predicted molar refractivity (Wildman–Crippen MR) is 211 cm³/mol. The van der Waals surface area contributed by atoms with Crippen LogP contribution in [-0.2, 0) is 22.8 Å². The molecule has 8 heteroatoms. The standard InChI is InChI=1S/C40H76O5Si3/c1-29(28-42-36(41)39(8,9)45-46(11,12)13)34-22-23-35-31(19-18-24-40(34,35)10)21-20-30-25-32(43-47(14,15)37(2,3)4)27-33(26-30)44-48(16,17)38(5,6)7/h20-21,29,32-35H,18-19,22-28H2,1-17H3/t29-,32-,33-,34-,35?,40-/m1/s1. The fourth-order valence-corrected chi connectivity index (χ4v) is 12.7. The van der Waals surface area contributed by atoms with Crippen LogP contribution in [0.1, 0.15) is 121 Å². The molecule has 0 saturated heterocycles. The van der Waals surface area contributed by atoms with E-state index in [1.807, 2.05) is 13.8 Å². The molecule has 278 valence electrons. The van der Waals surface area contributed by atoms with E-state index in [4.69, 9.17) is 18.0 Å². The van der Waals surface area contributed by atoms with Gasteiger partial charge in [0, 0.05) is 0 Å². The number of carbonyl (C=O) groups excluding carboxylic acids is 1. The number of hydrogen-bond donors (Lipinski definition) is 0. The normalized spacial score (nSPS) is 29.5. The molecule has 0 aromatic heterocycles. The van der Waals surface area contributed by atoms with E-state index in [0.29, 0.717) is 24.4 Å². The molecule has 0 bridgehead atoms. The van der Waals surface area contributed by atoms with Crippen molar-refractivity contribution in [2.24, 2.45) is 23.2 Å². The lowest BCUT2D eigenvalue weighted by Gasteiger charge is -2.45. The van der Waals surface area contributed by atoms with Crippen LogP contribution in [-0.4, -0.2) is 55.3 Å². The number of esters is 1. The molecule has 3 saturated carbocycles. The van der Waals surface area contributed by atoms with Crippen molar-refractivity contribution < 1.29 is 22.8 Å². The minimum absolute atomic E-state index is 0.186. The van der Waals surface area contributed by atoms with Crippen LogP contribution >= 0.6 is 0 Å². The summed E-state index contributed by atoms with van der Waals surface area (Å²) in [7, 11) is -5.68. The monoisotopic (exact) mass is 721 g/mol. The molecule has 3 aliphatic rings. The summed E-state index contributed by atoms with van der Waals surface area (Å²) in [5, 5.41) is 0.371. The highest BCUT2D eigenvalue weighted by Crippen LogP contribution is 2.59. The second-order valence-electron chi connectivity index (χ2n) is 20.6. The number of hydrogen-bond acceptors (Lipinski definition) is 5. The molecule has 0 N–H and O–H groups in total. The highest BCUT2D eigenvalue weighted by molar-refractivity contribution is 6.74. The number of ether oxygens (including phenoxy) is 1. The van der Waals surface area contributed by atoms with E-state index in [2.05, 4.69) is 113 Å². The fraction of sp³-hybridized carbons (Fsp3) is 0.875. The Morgan fingerprint density at radius 1 is 0.854 bits per heavy atom. The van der Waals surface area contributed by atoms with Crippen LogP contribution in [0.5, 0.6) is 0 Å². The smallest absolute Gasteiger partial charge is 0.336 e. The highest BCUT2D eigenvalue weighted by atomic mass is 28.4. The zero-order valence-corrected chi connectivity index (χ0v) is 37.4. The maximum Gasteiger partial charge on any atom is 0.336 e. The van der Waals surface area contributed by atoms with Gasteiger partial charge in [0.25, 0.3) is 0 Å². The van der Waals surface area contributed by atoms with Crippen LogP contribution in [0, 0.1) is 23.2 Å². The van der Waals surface area contributed by atoms with E-state index >= 15 is 0 Å². The third kappa shape index (κ3) is 10.3. The summed E-state index contributed by atoms with van der Waals surface area (Å²) in [5.74, 6) is 1.24. The molecule has 3 rings (SSSR count). The van der Waals surface area contributed by atoms with E-state index in [1.54, 1.807) is 5.57 Å². The lowest BCUT2D eigenvalue weighted by molar-refractivity contribution is -0.162. The molecule has 0 spiro atoms. The molecule has 0 aliphatic heterocycles. The Morgan fingerprint density at radius 2 is 1.38 bits per heavy atom. The van der Waals surface area contributed by atoms with Crippen LogP contribution in [0.3, 0.4) is 0 Å². The first-order valence-electron chi connectivity index (χ1n) is 19.2. The Kier molecular flexibility index (Phi) is 13.0. The van der Waals surface area contributed by atoms with E-state index in [-0.39, 0.29) is 33.7 Å². The SMILES string of the molecule is C[C@H](COC(=O)C(C)(C)O[Si](C)(C)C)[C@H]1CCC2C(=CC=C3C[C@@H](O[Si](C)(C)C(C)(C)C)C[C@H](O[Si](C)(C)C(C)(C)C)C3)CCC[C@@]21C. The maximum atomic E-state index is 13.1. The van der Waals surface area contributed by atoms with Crippen molar-refractivity contribution in [3.05, 3.63) is 23.3 Å². The van der Waals surface area contributed by atoms with Crippen LogP contribution in [0.25, 0.3) is 0 Å². The number of allylic oxidation sites excluding steroid dienone is 3.